The molecule has 0 radical (unpaired) electrons. The van der Waals surface area contributed by atoms with Gasteiger partial charge in [-0.25, -0.2) is 4.98 Å². The van der Waals surface area contributed by atoms with Crippen LogP contribution in [0.5, 0.6) is 11.5 Å². The smallest absolute Gasteiger partial charge is 0.257 e. The minimum absolute atomic E-state index is 0.276. The summed E-state index contributed by atoms with van der Waals surface area (Å²) in [4.78, 5) is 19.3. The molecule has 0 aliphatic rings. The minimum atomic E-state index is -0.339. The number of benzene rings is 1. The van der Waals surface area contributed by atoms with Crippen molar-refractivity contribution in [3.8, 4) is 11.5 Å². The Bertz CT molecular complexity index is 1050. The summed E-state index contributed by atoms with van der Waals surface area (Å²) >= 11 is 0. The van der Waals surface area contributed by atoms with Gasteiger partial charge in [-0.15, -0.1) is 0 Å². The molecule has 4 aromatic rings. The van der Waals surface area contributed by atoms with E-state index in [-0.39, 0.29) is 22.4 Å². The summed E-state index contributed by atoms with van der Waals surface area (Å²) in [5.41, 5.74) is 1.48. The highest BCUT2D eigenvalue weighted by molar-refractivity contribution is 6.04. The summed E-state index contributed by atoms with van der Waals surface area (Å²) in [5, 5.41) is 20.0. The molecular formula is C14H9N3O3. The summed E-state index contributed by atoms with van der Waals surface area (Å²) in [6.07, 6.45) is 1.80. The van der Waals surface area contributed by atoms with Crippen LogP contribution in [-0.2, 0) is 0 Å². The van der Waals surface area contributed by atoms with Gasteiger partial charge in [-0.05, 0) is 24.3 Å². The number of nitrogens with one attached hydrogen (secondary N) is 1. The molecule has 0 bridgehead atoms. The summed E-state index contributed by atoms with van der Waals surface area (Å²) in [6.45, 7) is 0. The number of rotatable bonds is 0. The van der Waals surface area contributed by atoms with Crippen LogP contribution in [0.4, 0.5) is 0 Å². The predicted octanol–water partition coefficient (Wildman–Crippen LogP) is 1.74. The maximum absolute atomic E-state index is 12.1. The number of phenolic OH excluding ortho intramolecular Hbond substituents is 2. The van der Waals surface area contributed by atoms with Crippen molar-refractivity contribution in [3.05, 3.63) is 46.9 Å². The molecular weight excluding hydrogens is 258 g/mol. The van der Waals surface area contributed by atoms with E-state index in [1.54, 1.807) is 10.6 Å². The van der Waals surface area contributed by atoms with Crippen LogP contribution < -0.4 is 5.56 Å². The van der Waals surface area contributed by atoms with Crippen molar-refractivity contribution in [2.24, 2.45) is 0 Å². The number of aromatic amines is 1. The molecule has 3 N–H and O–H groups in total. The standard InChI is InChI=1S/C14H9N3O3/c18-9-5-7-8(6-10(9)19)14(20)16-13-12(7)15-11-3-1-2-4-17(11)13/h1-6,18-19H,(H,16,20). The van der Waals surface area contributed by atoms with Crippen molar-refractivity contribution in [3.63, 3.8) is 0 Å². The average molecular weight is 267 g/mol. The molecule has 0 atom stereocenters. The van der Waals surface area contributed by atoms with E-state index >= 15 is 0 Å². The molecule has 0 aliphatic heterocycles. The normalized spacial score (nSPS) is 11.6. The number of aromatic nitrogens is 3. The van der Waals surface area contributed by atoms with Crippen LogP contribution in [0.2, 0.25) is 0 Å². The summed E-state index contributed by atoms with van der Waals surface area (Å²) in [5.74, 6) is -0.604. The number of pyridine rings is 2. The second-order valence-corrected chi connectivity index (χ2v) is 4.58. The molecule has 3 heterocycles. The lowest BCUT2D eigenvalue weighted by atomic mass is 10.1. The van der Waals surface area contributed by atoms with Crippen LogP contribution >= 0.6 is 0 Å². The number of hydrogen-bond acceptors (Lipinski definition) is 4. The van der Waals surface area contributed by atoms with Crippen molar-refractivity contribution < 1.29 is 10.2 Å². The van der Waals surface area contributed by atoms with Crippen LogP contribution in [0, 0.1) is 0 Å². The minimum Gasteiger partial charge on any atom is -0.504 e. The summed E-state index contributed by atoms with van der Waals surface area (Å²) in [6, 6.07) is 8.11. The van der Waals surface area contributed by atoms with Gasteiger partial charge in [0.1, 0.15) is 16.8 Å². The van der Waals surface area contributed by atoms with Gasteiger partial charge in [0.15, 0.2) is 11.5 Å². The van der Waals surface area contributed by atoms with Crippen molar-refractivity contribution in [2.45, 2.75) is 0 Å². The maximum Gasteiger partial charge on any atom is 0.257 e. The SMILES string of the molecule is O=c1[nH]c2c(nc3ccccn32)c2cc(O)c(O)cc12. The highest BCUT2D eigenvalue weighted by atomic mass is 16.3. The lowest BCUT2D eigenvalue weighted by Crippen LogP contribution is -2.07. The summed E-state index contributed by atoms with van der Waals surface area (Å²) < 4.78 is 1.76. The van der Waals surface area contributed by atoms with Gasteiger partial charge >= 0.3 is 0 Å². The topological polar surface area (TPSA) is 90.6 Å². The largest absolute Gasteiger partial charge is 0.504 e. The van der Waals surface area contributed by atoms with Gasteiger partial charge in [-0.2, -0.15) is 0 Å². The van der Waals surface area contributed by atoms with Crippen LogP contribution in [-0.4, -0.2) is 24.6 Å². The van der Waals surface area contributed by atoms with Gasteiger partial charge in [-0.1, -0.05) is 6.07 Å². The van der Waals surface area contributed by atoms with Crippen LogP contribution in [0.3, 0.4) is 0 Å². The van der Waals surface area contributed by atoms with Gasteiger partial charge < -0.3 is 15.2 Å². The summed E-state index contributed by atoms with van der Waals surface area (Å²) in [7, 11) is 0. The first kappa shape index (κ1) is 10.9. The average Bonchev–Trinajstić information content (AvgIpc) is 2.80. The molecule has 4 rings (SSSR count). The van der Waals surface area contributed by atoms with Crippen molar-refractivity contribution in [2.75, 3.05) is 0 Å². The number of fused-ring (bicyclic) bond motifs is 5. The van der Waals surface area contributed by atoms with E-state index in [0.717, 1.165) is 0 Å². The van der Waals surface area contributed by atoms with E-state index in [1.807, 2.05) is 18.2 Å². The molecule has 98 valence electrons. The van der Waals surface area contributed by atoms with Gasteiger partial charge in [0.25, 0.3) is 5.56 Å². The molecule has 1 aromatic carbocycles. The second kappa shape index (κ2) is 3.51. The Kier molecular flexibility index (Phi) is 1.90. The van der Waals surface area contributed by atoms with Gasteiger partial charge in [0, 0.05) is 11.6 Å². The number of hydrogen-bond donors (Lipinski definition) is 3. The highest BCUT2D eigenvalue weighted by Crippen LogP contribution is 2.31. The Labute approximate surface area is 111 Å². The molecule has 0 fully saturated rings. The first-order chi connectivity index (χ1) is 9.65. The van der Waals surface area contributed by atoms with E-state index in [2.05, 4.69) is 9.97 Å². The van der Waals surface area contributed by atoms with E-state index in [0.29, 0.717) is 22.2 Å². The second-order valence-electron chi connectivity index (χ2n) is 4.58. The number of H-pyrrole nitrogens is 1. The fourth-order valence-electron chi connectivity index (χ4n) is 2.44. The fraction of sp³-hybridized carbons (Fsp3) is 0. The number of imidazole rings is 1. The zero-order valence-corrected chi connectivity index (χ0v) is 10.2. The third-order valence-corrected chi connectivity index (χ3v) is 3.38. The van der Waals surface area contributed by atoms with Crippen molar-refractivity contribution in [1.82, 2.24) is 14.4 Å². The molecule has 0 saturated carbocycles. The molecule has 6 heteroatoms. The first-order valence-electron chi connectivity index (χ1n) is 6.00. The van der Waals surface area contributed by atoms with Crippen LogP contribution in [0.25, 0.3) is 27.6 Å². The number of phenols is 2. The van der Waals surface area contributed by atoms with Gasteiger partial charge in [-0.3, -0.25) is 9.20 Å². The zero-order chi connectivity index (χ0) is 13.9. The predicted molar refractivity (Wildman–Crippen MR) is 74.2 cm³/mol. The van der Waals surface area contributed by atoms with Crippen molar-refractivity contribution in [1.29, 1.82) is 0 Å². The molecule has 6 nitrogen and oxygen atoms in total. The van der Waals surface area contributed by atoms with E-state index in [9.17, 15) is 15.0 Å². The molecule has 0 unspecified atom stereocenters. The third kappa shape index (κ3) is 1.27. The monoisotopic (exact) mass is 267 g/mol. The fourth-order valence-corrected chi connectivity index (χ4v) is 2.44. The number of nitrogens with zero attached hydrogens (tertiary/aromatic N) is 2. The molecule has 0 aliphatic carbocycles. The lowest BCUT2D eigenvalue weighted by Gasteiger charge is -2.02. The Morgan fingerprint density at radius 3 is 2.65 bits per heavy atom. The Hall–Kier alpha value is -3.02. The molecule has 0 spiro atoms. The Balaban J connectivity index is 2.35. The van der Waals surface area contributed by atoms with Crippen molar-refractivity contribution >= 4 is 27.6 Å². The molecule has 0 amide bonds. The van der Waals surface area contributed by atoms with Crippen LogP contribution in [0.15, 0.2) is 41.3 Å². The highest BCUT2D eigenvalue weighted by Gasteiger charge is 2.13. The Morgan fingerprint density at radius 1 is 1.10 bits per heavy atom. The van der Waals surface area contributed by atoms with E-state index < -0.39 is 0 Å². The quantitative estimate of drug-likeness (QED) is 0.423. The lowest BCUT2D eigenvalue weighted by molar-refractivity contribution is 0.405. The maximum atomic E-state index is 12.1. The third-order valence-electron chi connectivity index (χ3n) is 3.38. The Morgan fingerprint density at radius 2 is 1.85 bits per heavy atom. The first-order valence-corrected chi connectivity index (χ1v) is 6.00. The molecule has 3 aromatic heterocycles. The molecule has 20 heavy (non-hydrogen) atoms. The molecule has 0 saturated heterocycles. The van der Waals surface area contributed by atoms with Gasteiger partial charge in [0.2, 0.25) is 0 Å². The van der Waals surface area contributed by atoms with Gasteiger partial charge in [0.05, 0.1) is 5.39 Å². The van der Waals surface area contributed by atoms with E-state index in [1.165, 1.54) is 12.1 Å². The van der Waals surface area contributed by atoms with Crippen LogP contribution in [0.1, 0.15) is 0 Å². The number of aromatic hydroxyl groups is 2. The zero-order valence-electron chi connectivity index (χ0n) is 10.2. The van der Waals surface area contributed by atoms with E-state index in [4.69, 9.17) is 0 Å².